The van der Waals surface area contributed by atoms with Crippen molar-refractivity contribution in [2.75, 3.05) is 5.32 Å². The van der Waals surface area contributed by atoms with Crippen LogP contribution < -0.4 is 15.4 Å². The number of anilines is 1. The van der Waals surface area contributed by atoms with Gasteiger partial charge in [-0.05, 0) is 79.8 Å². The minimum Gasteiger partial charge on any atom is -0.340 e. The molecule has 2 amide bonds. The van der Waals surface area contributed by atoms with Crippen molar-refractivity contribution in [3.8, 4) is 0 Å². The Morgan fingerprint density at radius 3 is 2.19 bits per heavy atom. The second kappa shape index (κ2) is 11.0. The van der Waals surface area contributed by atoms with Crippen LogP contribution in [0.3, 0.4) is 0 Å². The molecule has 1 aliphatic rings. The molecule has 0 aliphatic heterocycles. The zero-order valence-corrected chi connectivity index (χ0v) is 20.6. The Hall–Kier alpha value is -3.56. The topological polar surface area (TPSA) is 104 Å². The van der Waals surface area contributed by atoms with E-state index in [4.69, 9.17) is 0 Å². The molecule has 9 heteroatoms. The van der Waals surface area contributed by atoms with Crippen LogP contribution in [0, 0.1) is 11.7 Å². The average Bonchev–Trinajstić information content (AvgIpc) is 3.70. The van der Waals surface area contributed by atoms with Gasteiger partial charge >= 0.3 is 0 Å². The highest BCUT2D eigenvalue weighted by Gasteiger charge is 2.31. The first-order chi connectivity index (χ1) is 17.2. The molecule has 3 aromatic rings. The molecule has 0 bridgehead atoms. The Balaban J connectivity index is 1.46. The van der Waals surface area contributed by atoms with Gasteiger partial charge in [0.25, 0.3) is 5.91 Å². The fourth-order valence-corrected chi connectivity index (χ4v) is 5.17. The molecule has 2 unspecified atom stereocenters. The van der Waals surface area contributed by atoms with Crippen molar-refractivity contribution < 1.29 is 22.4 Å². The molecular weight excluding hydrogens is 481 g/mol. The molecule has 0 heterocycles. The van der Waals surface area contributed by atoms with Gasteiger partial charge in [0.15, 0.2) is 0 Å². The Kier molecular flexibility index (Phi) is 7.81. The van der Waals surface area contributed by atoms with Gasteiger partial charge in [0.1, 0.15) is 11.9 Å². The maximum Gasteiger partial charge on any atom is 0.251 e. The third kappa shape index (κ3) is 6.77. The number of rotatable bonds is 10. The van der Waals surface area contributed by atoms with E-state index >= 15 is 0 Å². The van der Waals surface area contributed by atoms with Crippen LogP contribution in [0.5, 0.6) is 0 Å². The van der Waals surface area contributed by atoms with E-state index in [9.17, 15) is 22.4 Å². The minimum absolute atomic E-state index is 0.110. The zero-order chi connectivity index (χ0) is 25.7. The molecule has 0 aromatic heterocycles. The van der Waals surface area contributed by atoms with Gasteiger partial charge in [-0.2, -0.15) is 0 Å². The lowest BCUT2D eigenvalue weighted by Gasteiger charge is -2.19. The first-order valence-electron chi connectivity index (χ1n) is 11.7. The number of hydrogen-bond acceptors (Lipinski definition) is 4. The van der Waals surface area contributed by atoms with Gasteiger partial charge in [-0.25, -0.2) is 17.5 Å². The van der Waals surface area contributed by atoms with E-state index in [0.717, 1.165) is 18.4 Å². The number of amides is 2. The van der Waals surface area contributed by atoms with Crippen molar-refractivity contribution >= 4 is 27.5 Å². The Morgan fingerprint density at radius 1 is 0.944 bits per heavy atom. The summed E-state index contributed by atoms with van der Waals surface area (Å²) in [7, 11) is -3.66. The summed E-state index contributed by atoms with van der Waals surface area (Å²) >= 11 is 0. The normalized spacial score (nSPS) is 15.1. The fourth-order valence-electron chi connectivity index (χ4n) is 3.85. The summed E-state index contributed by atoms with van der Waals surface area (Å²) in [5.74, 6) is -1.06. The van der Waals surface area contributed by atoms with Crippen molar-refractivity contribution in [2.24, 2.45) is 5.92 Å². The minimum atomic E-state index is -3.66. The van der Waals surface area contributed by atoms with E-state index in [1.165, 1.54) is 48.5 Å². The van der Waals surface area contributed by atoms with Crippen molar-refractivity contribution in [2.45, 2.75) is 43.2 Å². The lowest BCUT2D eigenvalue weighted by molar-refractivity contribution is -0.118. The molecule has 0 spiro atoms. The van der Waals surface area contributed by atoms with Crippen LogP contribution in [0.2, 0.25) is 0 Å². The van der Waals surface area contributed by atoms with Gasteiger partial charge in [-0.1, -0.05) is 30.3 Å². The van der Waals surface area contributed by atoms with Crippen LogP contribution in [-0.2, 0) is 21.2 Å². The van der Waals surface area contributed by atoms with E-state index in [1.807, 2.05) is 37.3 Å². The molecule has 36 heavy (non-hydrogen) atoms. The van der Waals surface area contributed by atoms with Gasteiger partial charge in [0.05, 0.1) is 4.90 Å². The second-order valence-electron chi connectivity index (χ2n) is 8.98. The van der Waals surface area contributed by atoms with Crippen LogP contribution in [0.4, 0.5) is 10.1 Å². The van der Waals surface area contributed by atoms with Gasteiger partial charge in [-0.3, -0.25) is 9.59 Å². The van der Waals surface area contributed by atoms with Gasteiger partial charge in [0, 0.05) is 23.7 Å². The monoisotopic (exact) mass is 509 g/mol. The third-order valence-corrected chi connectivity index (χ3v) is 7.69. The maximum atomic E-state index is 13.2. The number of halogens is 1. The fraction of sp³-hybridized carbons (Fsp3) is 0.259. The highest BCUT2D eigenvalue weighted by Crippen LogP contribution is 2.33. The molecule has 4 rings (SSSR count). The van der Waals surface area contributed by atoms with Crippen molar-refractivity contribution in [1.82, 2.24) is 10.0 Å². The molecule has 0 saturated heterocycles. The summed E-state index contributed by atoms with van der Waals surface area (Å²) in [5, 5.41) is 5.46. The van der Waals surface area contributed by atoms with E-state index in [0.29, 0.717) is 11.6 Å². The molecule has 188 valence electrons. The average molecular weight is 510 g/mol. The lowest BCUT2D eigenvalue weighted by Crippen LogP contribution is -2.45. The van der Waals surface area contributed by atoms with Crippen LogP contribution in [-0.4, -0.2) is 32.3 Å². The molecule has 3 aromatic carbocycles. The smallest absolute Gasteiger partial charge is 0.251 e. The molecule has 1 fully saturated rings. The SMILES string of the molecule is CC(NS(=O)(=O)c1ccc(NC(=O)C(Cc2ccccc2)NC(=O)c2ccc(F)cc2)cc1)C1CC1. The maximum absolute atomic E-state index is 13.2. The van der Waals surface area contributed by atoms with Gasteiger partial charge in [0.2, 0.25) is 15.9 Å². The Bertz CT molecular complexity index is 1310. The molecule has 7 nitrogen and oxygen atoms in total. The molecular formula is C27H28FN3O4S. The molecule has 2 atom stereocenters. The quantitative estimate of drug-likeness (QED) is 0.386. The second-order valence-corrected chi connectivity index (χ2v) is 10.7. The largest absolute Gasteiger partial charge is 0.340 e. The number of carbonyl (C=O) groups is 2. The van der Waals surface area contributed by atoms with Crippen molar-refractivity contribution in [3.05, 3.63) is 95.8 Å². The van der Waals surface area contributed by atoms with E-state index < -0.39 is 33.7 Å². The van der Waals surface area contributed by atoms with Crippen LogP contribution in [0.1, 0.15) is 35.7 Å². The van der Waals surface area contributed by atoms with Crippen LogP contribution in [0.25, 0.3) is 0 Å². The number of sulfonamides is 1. The number of nitrogens with one attached hydrogen (secondary N) is 3. The van der Waals surface area contributed by atoms with Gasteiger partial charge < -0.3 is 10.6 Å². The highest BCUT2D eigenvalue weighted by molar-refractivity contribution is 7.89. The third-order valence-electron chi connectivity index (χ3n) is 6.11. The number of hydrogen-bond donors (Lipinski definition) is 3. The molecule has 1 saturated carbocycles. The summed E-state index contributed by atoms with van der Waals surface area (Å²) in [4.78, 5) is 26.0. The zero-order valence-electron chi connectivity index (χ0n) is 19.8. The van der Waals surface area contributed by atoms with E-state index in [1.54, 1.807) is 0 Å². The molecule has 3 N–H and O–H groups in total. The standard InChI is InChI=1S/C27H28FN3O4S/c1-18(20-7-8-20)31-36(34,35)24-15-13-23(14-16-24)29-27(33)25(17-19-5-3-2-4-6-19)30-26(32)21-9-11-22(28)12-10-21/h2-6,9-16,18,20,25,31H,7-8,17H2,1H3,(H,29,33)(H,30,32). The summed E-state index contributed by atoms with van der Waals surface area (Å²) < 4.78 is 41.2. The number of benzene rings is 3. The van der Waals surface area contributed by atoms with Crippen LogP contribution in [0.15, 0.2) is 83.8 Å². The Labute approximate surface area is 210 Å². The first-order valence-corrected chi connectivity index (χ1v) is 13.2. The van der Waals surface area contributed by atoms with Gasteiger partial charge in [-0.15, -0.1) is 0 Å². The summed E-state index contributed by atoms with van der Waals surface area (Å²) in [5.41, 5.74) is 1.46. The predicted octanol–water partition coefficient (Wildman–Crippen LogP) is 3.88. The number of carbonyl (C=O) groups excluding carboxylic acids is 2. The molecule has 0 radical (unpaired) electrons. The van der Waals surface area contributed by atoms with Crippen LogP contribution >= 0.6 is 0 Å². The van der Waals surface area contributed by atoms with E-state index in [-0.39, 0.29) is 22.9 Å². The van der Waals surface area contributed by atoms with Crippen molar-refractivity contribution in [1.29, 1.82) is 0 Å². The van der Waals surface area contributed by atoms with Crippen molar-refractivity contribution in [3.63, 3.8) is 0 Å². The van der Waals surface area contributed by atoms with E-state index in [2.05, 4.69) is 15.4 Å². The summed E-state index contributed by atoms with van der Waals surface area (Å²) in [6.45, 7) is 1.86. The summed E-state index contributed by atoms with van der Waals surface area (Å²) in [6.07, 6.45) is 2.28. The Morgan fingerprint density at radius 2 is 1.58 bits per heavy atom. The first kappa shape index (κ1) is 25.5. The highest BCUT2D eigenvalue weighted by atomic mass is 32.2. The lowest BCUT2D eigenvalue weighted by atomic mass is 10.0. The summed E-state index contributed by atoms with van der Waals surface area (Å²) in [6, 6.07) is 19.1. The molecule has 1 aliphatic carbocycles. The predicted molar refractivity (Wildman–Crippen MR) is 135 cm³/mol.